The van der Waals surface area contributed by atoms with Gasteiger partial charge in [-0.25, -0.2) is 9.97 Å². The molecule has 2 N–H and O–H groups in total. The molecule has 0 aliphatic heterocycles. The zero-order chi connectivity index (χ0) is 13.9. The van der Waals surface area contributed by atoms with Crippen LogP contribution in [-0.2, 0) is 13.0 Å². The molecule has 0 amide bonds. The summed E-state index contributed by atoms with van der Waals surface area (Å²) in [6, 6.07) is 12.4. The predicted molar refractivity (Wildman–Crippen MR) is 80.6 cm³/mol. The Kier molecular flexibility index (Phi) is 3.48. The van der Waals surface area contributed by atoms with E-state index >= 15 is 0 Å². The number of benzene rings is 1. The molecule has 2 heterocycles. The highest BCUT2D eigenvalue weighted by Gasteiger charge is 2.11. The lowest BCUT2D eigenvalue weighted by atomic mass is 10.1. The van der Waals surface area contributed by atoms with E-state index in [1.54, 1.807) is 6.20 Å². The van der Waals surface area contributed by atoms with Crippen LogP contribution in [0.1, 0.15) is 17.0 Å². The zero-order valence-corrected chi connectivity index (χ0v) is 11.6. The molecule has 102 valence electrons. The number of imidazole rings is 1. The second-order valence-corrected chi connectivity index (χ2v) is 4.98. The van der Waals surface area contributed by atoms with Gasteiger partial charge in [-0.15, -0.1) is 0 Å². The van der Waals surface area contributed by atoms with E-state index in [-0.39, 0.29) is 0 Å². The van der Waals surface area contributed by atoms with Gasteiger partial charge in [-0.2, -0.15) is 0 Å². The second-order valence-electron chi connectivity index (χ2n) is 4.98. The molecule has 0 saturated heterocycles. The van der Waals surface area contributed by atoms with Crippen LogP contribution in [0.5, 0.6) is 0 Å². The van der Waals surface area contributed by atoms with E-state index in [1.165, 1.54) is 11.1 Å². The Morgan fingerprint density at radius 2 is 2.10 bits per heavy atom. The molecular weight excluding hydrogens is 248 g/mol. The Balaban J connectivity index is 2.04. The number of nitrogens with zero attached hydrogens (tertiary/aromatic N) is 3. The predicted octanol–water partition coefficient (Wildman–Crippen LogP) is 2.29. The molecule has 0 spiro atoms. The lowest BCUT2D eigenvalue weighted by Crippen LogP contribution is -2.13. The molecule has 20 heavy (non-hydrogen) atoms. The highest BCUT2D eigenvalue weighted by atomic mass is 15.1. The van der Waals surface area contributed by atoms with Crippen LogP contribution in [0.2, 0.25) is 0 Å². The van der Waals surface area contributed by atoms with Gasteiger partial charge in [-0.05, 0) is 24.6 Å². The lowest BCUT2D eigenvalue weighted by molar-refractivity contribution is 0.684. The van der Waals surface area contributed by atoms with Gasteiger partial charge in [0.05, 0.1) is 0 Å². The summed E-state index contributed by atoms with van der Waals surface area (Å²) in [7, 11) is 0. The number of hydrogen-bond acceptors (Lipinski definition) is 3. The van der Waals surface area contributed by atoms with Crippen LogP contribution in [0.4, 0.5) is 0 Å². The standard InChI is InChI=1S/C16H18N4/c1-12-4-2-5-13(10-12)11-15-19-14-6-3-8-18-16(14)20(15)9-7-17/h2-6,8,10H,7,9,11,17H2,1H3. The SMILES string of the molecule is Cc1cccc(Cc2nc3cccnc3n2CCN)c1. The van der Waals surface area contributed by atoms with Gasteiger partial charge in [0.1, 0.15) is 11.3 Å². The van der Waals surface area contributed by atoms with Crippen molar-refractivity contribution in [2.24, 2.45) is 5.73 Å². The van der Waals surface area contributed by atoms with E-state index in [1.807, 2.05) is 12.1 Å². The van der Waals surface area contributed by atoms with Crippen LogP contribution in [0.3, 0.4) is 0 Å². The fourth-order valence-electron chi connectivity index (χ4n) is 2.51. The first-order chi connectivity index (χ1) is 9.78. The topological polar surface area (TPSA) is 56.7 Å². The van der Waals surface area contributed by atoms with Crippen molar-refractivity contribution < 1.29 is 0 Å². The monoisotopic (exact) mass is 266 g/mol. The highest BCUT2D eigenvalue weighted by molar-refractivity contribution is 5.71. The zero-order valence-electron chi connectivity index (χ0n) is 11.6. The summed E-state index contributed by atoms with van der Waals surface area (Å²) in [4.78, 5) is 9.13. The van der Waals surface area contributed by atoms with E-state index in [0.717, 1.165) is 30.0 Å². The fraction of sp³-hybridized carbons (Fsp3) is 0.250. The summed E-state index contributed by atoms with van der Waals surface area (Å²) >= 11 is 0. The van der Waals surface area contributed by atoms with E-state index in [2.05, 4.69) is 40.7 Å². The second kappa shape index (κ2) is 5.43. The van der Waals surface area contributed by atoms with Gasteiger partial charge < -0.3 is 10.3 Å². The molecule has 0 bridgehead atoms. The lowest BCUT2D eigenvalue weighted by Gasteiger charge is -2.07. The van der Waals surface area contributed by atoms with E-state index in [0.29, 0.717) is 6.54 Å². The minimum absolute atomic E-state index is 0.586. The Labute approximate surface area is 118 Å². The quantitative estimate of drug-likeness (QED) is 0.788. The number of aryl methyl sites for hydroxylation is 1. The Morgan fingerprint density at radius 3 is 2.90 bits per heavy atom. The van der Waals surface area contributed by atoms with Gasteiger partial charge in [0.15, 0.2) is 5.65 Å². The maximum atomic E-state index is 5.72. The molecule has 4 nitrogen and oxygen atoms in total. The third kappa shape index (κ3) is 2.42. The highest BCUT2D eigenvalue weighted by Crippen LogP contribution is 2.17. The van der Waals surface area contributed by atoms with E-state index < -0.39 is 0 Å². The van der Waals surface area contributed by atoms with E-state index in [4.69, 9.17) is 10.7 Å². The normalized spacial score (nSPS) is 11.1. The van der Waals surface area contributed by atoms with Crippen LogP contribution in [0, 0.1) is 6.92 Å². The summed E-state index contributed by atoms with van der Waals surface area (Å²) in [5.41, 5.74) is 10.1. The van der Waals surface area contributed by atoms with Crippen molar-refractivity contribution >= 4 is 11.2 Å². The van der Waals surface area contributed by atoms with Crippen molar-refractivity contribution in [3.05, 3.63) is 59.5 Å². The average molecular weight is 266 g/mol. The molecule has 3 rings (SSSR count). The Morgan fingerprint density at radius 1 is 1.20 bits per heavy atom. The van der Waals surface area contributed by atoms with Crippen molar-refractivity contribution in [3.8, 4) is 0 Å². The maximum Gasteiger partial charge on any atom is 0.160 e. The van der Waals surface area contributed by atoms with Crippen molar-refractivity contribution in [3.63, 3.8) is 0 Å². The number of hydrogen-bond donors (Lipinski definition) is 1. The summed E-state index contributed by atoms with van der Waals surface area (Å²) in [5.74, 6) is 1.02. The van der Waals surface area contributed by atoms with Crippen molar-refractivity contribution in [2.45, 2.75) is 19.9 Å². The van der Waals surface area contributed by atoms with Crippen LogP contribution < -0.4 is 5.73 Å². The molecule has 4 heteroatoms. The molecule has 2 aromatic heterocycles. The fourth-order valence-corrected chi connectivity index (χ4v) is 2.51. The smallest absolute Gasteiger partial charge is 0.160 e. The maximum absolute atomic E-state index is 5.72. The van der Waals surface area contributed by atoms with Gasteiger partial charge in [-0.3, -0.25) is 0 Å². The number of pyridine rings is 1. The van der Waals surface area contributed by atoms with Gasteiger partial charge >= 0.3 is 0 Å². The third-order valence-electron chi connectivity index (χ3n) is 3.38. The Bertz CT molecular complexity index is 730. The van der Waals surface area contributed by atoms with E-state index in [9.17, 15) is 0 Å². The minimum atomic E-state index is 0.586. The van der Waals surface area contributed by atoms with Crippen LogP contribution in [0.25, 0.3) is 11.2 Å². The average Bonchev–Trinajstić information content (AvgIpc) is 2.77. The van der Waals surface area contributed by atoms with Gasteiger partial charge in [0, 0.05) is 25.7 Å². The van der Waals surface area contributed by atoms with Crippen molar-refractivity contribution in [2.75, 3.05) is 6.54 Å². The molecule has 0 saturated carbocycles. The number of rotatable bonds is 4. The van der Waals surface area contributed by atoms with Gasteiger partial charge in [0.2, 0.25) is 0 Å². The van der Waals surface area contributed by atoms with Gasteiger partial charge in [-0.1, -0.05) is 29.8 Å². The first-order valence-electron chi connectivity index (χ1n) is 6.83. The molecule has 0 aliphatic carbocycles. The minimum Gasteiger partial charge on any atom is -0.329 e. The summed E-state index contributed by atoms with van der Waals surface area (Å²) in [6.45, 7) is 3.44. The largest absolute Gasteiger partial charge is 0.329 e. The molecule has 0 fully saturated rings. The first kappa shape index (κ1) is 12.8. The van der Waals surface area contributed by atoms with Crippen LogP contribution in [-0.4, -0.2) is 21.1 Å². The summed E-state index contributed by atoms with van der Waals surface area (Å²) in [6.07, 6.45) is 2.60. The molecule has 1 aromatic carbocycles. The number of fused-ring (bicyclic) bond motifs is 1. The molecule has 3 aromatic rings. The van der Waals surface area contributed by atoms with Crippen molar-refractivity contribution in [1.29, 1.82) is 0 Å². The number of aromatic nitrogens is 3. The van der Waals surface area contributed by atoms with Crippen LogP contribution >= 0.6 is 0 Å². The summed E-state index contributed by atoms with van der Waals surface area (Å²) < 4.78 is 2.12. The molecular formula is C16H18N4. The van der Waals surface area contributed by atoms with Crippen LogP contribution in [0.15, 0.2) is 42.6 Å². The molecule has 0 unspecified atom stereocenters. The van der Waals surface area contributed by atoms with Gasteiger partial charge in [0.25, 0.3) is 0 Å². The molecule has 0 radical (unpaired) electrons. The summed E-state index contributed by atoms with van der Waals surface area (Å²) in [5, 5.41) is 0. The first-order valence-corrected chi connectivity index (χ1v) is 6.83. The molecule has 0 aliphatic rings. The van der Waals surface area contributed by atoms with Crippen molar-refractivity contribution in [1.82, 2.24) is 14.5 Å². The molecule has 0 atom stereocenters. The third-order valence-corrected chi connectivity index (χ3v) is 3.38. The Hall–Kier alpha value is -2.20. The number of nitrogens with two attached hydrogens (primary N) is 1.